The standard InChI is InChI=1S/C26H40O2Si2/c1-25(2,3)29(7,8)27-23-17-13-21(14-18-23)11-12-22-15-19-24(20-16-22)28-30(9,10)26(4,5)6/h11-20H,1-10H3. The van der Waals surface area contributed by atoms with Gasteiger partial charge in [0.05, 0.1) is 0 Å². The molecule has 0 atom stereocenters. The average Bonchev–Trinajstić information content (AvgIpc) is 2.60. The molecule has 0 unspecified atom stereocenters. The molecule has 0 N–H and O–H groups in total. The average molecular weight is 441 g/mol. The SMILES string of the molecule is CC(C)(C)[Si](C)(C)Oc1ccc(C=Cc2ccc(O[Si](C)(C)C(C)(C)C)cc2)cc1. The van der Waals surface area contributed by atoms with Crippen molar-refractivity contribution in [3.05, 3.63) is 59.7 Å². The maximum atomic E-state index is 6.36. The molecule has 2 rings (SSSR count). The Morgan fingerprint density at radius 3 is 1.03 bits per heavy atom. The third-order valence-electron chi connectivity index (χ3n) is 6.59. The summed E-state index contributed by atoms with van der Waals surface area (Å²) in [6, 6.07) is 16.8. The molecule has 2 nitrogen and oxygen atoms in total. The van der Waals surface area contributed by atoms with Gasteiger partial charge < -0.3 is 8.85 Å². The number of benzene rings is 2. The van der Waals surface area contributed by atoms with Crippen LogP contribution in [0.5, 0.6) is 11.5 Å². The minimum absolute atomic E-state index is 0.200. The van der Waals surface area contributed by atoms with E-state index in [2.05, 4.69) is 128 Å². The van der Waals surface area contributed by atoms with E-state index >= 15 is 0 Å². The van der Waals surface area contributed by atoms with Gasteiger partial charge in [-0.1, -0.05) is 78.0 Å². The van der Waals surface area contributed by atoms with Gasteiger partial charge in [0.25, 0.3) is 0 Å². The fraction of sp³-hybridized carbons (Fsp3) is 0.462. The predicted octanol–water partition coefficient (Wildman–Crippen LogP) is 8.63. The second kappa shape index (κ2) is 8.76. The van der Waals surface area contributed by atoms with Crippen molar-refractivity contribution in [2.45, 2.75) is 77.8 Å². The van der Waals surface area contributed by atoms with Gasteiger partial charge in [0.2, 0.25) is 16.6 Å². The zero-order chi connectivity index (χ0) is 22.8. The lowest BCUT2D eigenvalue weighted by atomic mass is 10.1. The summed E-state index contributed by atoms with van der Waals surface area (Å²) in [5, 5.41) is 0.401. The molecule has 0 fully saturated rings. The minimum Gasteiger partial charge on any atom is -0.544 e. The number of hydrogen-bond donors (Lipinski definition) is 0. The highest BCUT2D eigenvalue weighted by atomic mass is 28.4. The third kappa shape index (κ3) is 6.35. The molecule has 164 valence electrons. The molecule has 0 aliphatic rings. The van der Waals surface area contributed by atoms with Crippen LogP contribution in [0.3, 0.4) is 0 Å². The van der Waals surface area contributed by atoms with Gasteiger partial charge in [-0.05, 0) is 71.7 Å². The second-order valence-corrected chi connectivity index (χ2v) is 20.6. The molecule has 0 aromatic heterocycles. The first-order chi connectivity index (χ1) is 13.6. The van der Waals surface area contributed by atoms with Crippen LogP contribution >= 0.6 is 0 Å². The first-order valence-corrected chi connectivity index (χ1v) is 16.7. The lowest BCUT2D eigenvalue weighted by Gasteiger charge is -2.36. The van der Waals surface area contributed by atoms with E-state index in [9.17, 15) is 0 Å². The van der Waals surface area contributed by atoms with Crippen LogP contribution in [-0.2, 0) is 0 Å². The minimum atomic E-state index is -1.80. The van der Waals surface area contributed by atoms with Gasteiger partial charge in [-0.3, -0.25) is 0 Å². The Balaban J connectivity index is 2.03. The fourth-order valence-corrected chi connectivity index (χ4v) is 4.44. The van der Waals surface area contributed by atoms with E-state index < -0.39 is 16.6 Å². The van der Waals surface area contributed by atoms with Gasteiger partial charge in [-0.25, -0.2) is 0 Å². The van der Waals surface area contributed by atoms with Gasteiger partial charge >= 0.3 is 0 Å². The predicted molar refractivity (Wildman–Crippen MR) is 137 cm³/mol. The van der Waals surface area contributed by atoms with Crippen molar-refractivity contribution in [1.29, 1.82) is 0 Å². The summed E-state index contributed by atoms with van der Waals surface area (Å²) in [5.74, 6) is 1.93. The van der Waals surface area contributed by atoms with E-state index in [4.69, 9.17) is 8.85 Å². The third-order valence-corrected chi connectivity index (χ3v) is 15.3. The zero-order valence-corrected chi connectivity index (χ0v) is 22.6. The largest absolute Gasteiger partial charge is 0.544 e. The Bertz CT molecular complexity index is 776. The summed E-state index contributed by atoms with van der Waals surface area (Å²) >= 11 is 0. The zero-order valence-electron chi connectivity index (χ0n) is 20.6. The maximum Gasteiger partial charge on any atom is 0.250 e. The highest BCUT2D eigenvalue weighted by molar-refractivity contribution is 6.75. The summed E-state index contributed by atoms with van der Waals surface area (Å²) < 4.78 is 12.7. The Labute approximate surface area is 186 Å². The van der Waals surface area contributed by atoms with E-state index in [1.54, 1.807) is 0 Å². The molecule has 0 radical (unpaired) electrons. The van der Waals surface area contributed by atoms with Crippen molar-refractivity contribution in [2.24, 2.45) is 0 Å². The first kappa shape index (κ1) is 24.5. The normalized spacial score (nSPS) is 13.5. The molecular formula is C26H40O2Si2. The van der Waals surface area contributed by atoms with Gasteiger partial charge in [-0.2, -0.15) is 0 Å². The molecular weight excluding hydrogens is 400 g/mol. The summed E-state index contributed by atoms with van der Waals surface area (Å²) in [7, 11) is -3.59. The Hall–Kier alpha value is -1.79. The number of hydrogen-bond acceptors (Lipinski definition) is 2. The summed E-state index contributed by atoms with van der Waals surface area (Å²) in [5.41, 5.74) is 2.33. The van der Waals surface area contributed by atoms with Crippen LogP contribution in [0.4, 0.5) is 0 Å². The fourth-order valence-electron chi connectivity index (χ4n) is 2.38. The Kier molecular flexibility index (Phi) is 7.15. The molecule has 2 aromatic carbocycles. The van der Waals surface area contributed by atoms with Gasteiger partial charge in [0, 0.05) is 0 Å². The molecule has 0 saturated carbocycles. The smallest absolute Gasteiger partial charge is 0.250 e. The molecule has 0 spiro atoms. The topological polar surface area (TPSA) is 18.5 Å². The molecule has 30 heavy (non-hydrogen) atoms. The van der Waals surface area contributed by atoms with Crippen LogP contribution in [0.2, 0.25) is 36.3 Å². The molecule has 0 saturated heterocycles. The van der Waals surface area contributed by atoms with Crippen LogP contribution in [0.25, 0.3) is 12.2 Å². The monoisotopic (exact) mass is 440 g/mol. The quantitative estimate of drug-likeness (QED) is 0.330. The van der Waals surface area contributed by atoms with Crippen molar-refractivity contribution >= 4 is 28.8 Å². The summed E-state index contributed by atoms with van der Waals surface area (Å²) in [6.07, 6.45) is 4.28. The van der Waals surface area contributed by atoms with Crippen LogP contribution < -0.4 is 8.85 Å². The van der Waals surface area contributed by atoms with E-state index in [0.717, 1.165) is 11.5 Å². The molecule has 2 aromatic rings. The molecule has 4 heteroatoms. The molecule has 0 aliphatic heterocycles. The second-order valence-electron chi connectivity index (χ2n) is 11.2. The van der Waals surface area contributed by atoms with E-state index in [1.165, 1.54) is 11.1 Å². The van der Waals surface area contributed by atoms with Crippen molar-refractivity contribution in [3.8, 4) is 11.5 Å². The molecule has 0 bridgehead atoms. The van der Waals surface area contributed by atoms with E-state index in [0.29, 0.717) is 0 Å². The highest BCUT2D eigenvalue weighted by Gasteiger charge is 2.39. The van der Waals surface area contributed by atoms with Crippen molar-refractivity contribution in [1.82, 2.24) is 0 Å². The van der Waals surface area contributed by atoms with Crippen LogP contribution in [0.15, 0.2) is 48.5 Å². The van der Waals surface area contributed by atoms with Crippen LogP contribution in [-0.4, -0.2) is 16.6 Å². The molecule has 0 heterocycles. The number of rotatable bonds is 6. The van der Waals surface area contributed by atoms with Gasteiger partial charge in [0.1, 0.15) is 11.5 Å². The van der Waals surface area contributed by atoms with E-state index in [1.807, 2.05) is 0 Å². The Morgan fingerprint density at radius 1 is 0.533 bits per heavy atom. The highest BCUT2D eigenvalue weighted by Crippen LogP contribution is 2.38. The summed E-state index contributed by atoms with van der Waals surface area (Å²) in [6.45, 7) is 22.7. The summed E-state index contributed by atoms with van der Waals surface area (Å²) in [4.78, 5) is 0. The van der Waals surface area contributed by atoms with Crippen LogP contribution in [0, 0.1) is 0 Å². The lowest BCUT2D eigenvalue weighted by Crippen LogP contribution is -2.43. The van der Waals surface area contributed by atoms with Gasteiger partial charge in [0.15, 0.2) is 0 Å². The maximum absolute atomic E-state index is 6.36. The molecule has 0 amide bonds. The van der Waals surface area contributed by atoms with Crippen molar-refractivity contribution in [3.63, 3.8) is 0 Å². The Morgan fingerprint density at radius 2 is 0.800 bits per heavy atom. The van der Waals surface area contributed by atoms with Crippen molar-refractivity contribution < 1.29 is 8.85 Å². The van der Waals surface area contributed by atoms with Crippen LogP contribution in [0.1, 0.15) is 52.7 Å². The van der Waals surface area contributed by atoms with Gasteiger partial charge in [-0.15, -0.1) is 0 Å². The van der Waals surface area contributed by atoms with E-state index in [-0.39, 0.29) is 10.1 Å². The van der Waals surface area contributed by atoms with Crippen molar-refractivity contribution in [2.75, 3.05) is 0 Å². The molecule has 0 aliphatic carbocycles. The first-order valence-electron chi connectivity index (χ1n) is 10.9. The lowest BCUT2D eigenvalue weighted by molar-refractivity contribution is 0.492.